The smallest absolute Gasteiger partial charge is 0.0210 e. The number of hydrogen-bond donors (Lipinski definition) is 0. The summed E-state index contributed by atoms with van der Waals surface area (Å²) in [5.74, 6) is 2.17. The topological polar surface area (TPSA) is 0 Å². The van der Waals surface area contributed by atoms with E-state index in [4.69, 9.17) is 0 Å². The van der Waals surface area contributed by atoms with Crippen LogP contribution < -0.4 is 0 Å². The van der Waals surface area contributed by atoms with Crippen LogP contribution >= 0.6 is 0 Å². The highest BCUT2D eigenvalue weighted by molar-refractivity contribution is 5.15. The van der Waals surface area contributed by atoms with E-state index in [0.29, 0.717) is 0 Å². The molecule has 0 aromatic heterocycles. The summed E-state index contributed by atoms with van der Waals surface area (Å²) in [6.45, 7) is 5.07. The normalized spacial score (nSPS) is 59.5. The fourth-order valence-electron chi connectivity index (χ4n) is 4.65. The third-order valence-electron chi connectivity index (χ3n) is 5.62. The van der Waals surface area contributed by atoms with Crippen LogP contribution in [0.4, 0.5) is 0 Å². The summed E-state index contributed by atoms with van der Waals surface area (Å²) >= 11 is 0. The molecule has 4 atom stereocenters. The molecule has 0 radical (unpaired) electrons. The maximum atomic E-state index is 2.60. The molecule has 13 heavy (non-hydrogen) atoms. The molecule has 3 rings (SSSR count). The molecule has 0 bridgehead atoms. The SMILES string of the molecule is C[C@H]1CC[C@]2(C)CCCC3CC32C1. The zero-order chi connectivity index (χ0) is 9.10. The minimum atomic E-state index is 0.766. The molecule has 74 valence electrons. The minimum Gasteiger partial charge on any atom is -0.0625 e. The molecule has 0 aromatic carbocycles. The molecule has 0 heteroatoms. The van der Waals surface area contributed by atoms with E-state index in [-0.39, 0.29) is 0 Å². The predicted molar refractivity (Wildman–Crippen MR) is 55.5 cm³/mol. The van der Waals surface area contributed by atoms with E-state index in [1.54, 1.807) is 19.3 Å². The summed E-state index contributed by atoms with van der Waals surface area (Å²) < 4.78 is 0. The van der Waals surface area contributed by atoms with Gasteiger partial charge in [0.1, 0.15) is 0 Å². The van der Waals surface area contributed by atoms with Crippen molar-refractivity contribution >= 4 is 0 Å². The van der Waals surface area contributed by atoms with E-state index < -0.39 is 0 Å². The van der Waals surface area contributed by atoms with Crippen molar-refractivity contribution in [3.05, 3.63) is 0 Å². The van der Waals surface area contributed by atoms with Gasteiger partial charge in [0.25, 0.3) is 0 Å². The van der Waals surface area contributed by atoms with Crippen LogP contribution in [-0.4, -0.2) is 0 Å². The molecule has 1 spiro atoms. The molecular formula is C13H22. The summed E-state index contributed by atoms with van der Waals surface area (Å²) in [6.07, 6.45) is 10.8. The molecule has 0 heterocycles. The first-order valence-electron chi connectivity index (χ1n) is 6.16. The molecule has 2 unspecified atom stereocenters. The highest BCUT2D eigenvalue weighted by atomic mass is 14.7. The van der Waals surface area contributed by atoms with Crippen molar-refractivity contribution in [2.24, 2.45) is 22.7 Å². The first-order valence-corrected chi connectivity index (χ1v) is 6.16. The zero-order valence-corrected chi connectivity index (χ0v) is 9.10. The number of hydrogen-bond acceptors (Lipinski definition) is 0. The van der Waals surface area contributed by atoms with Crippen LogP contribution in [0.1, 0.15) is 58.8 Å². The van der Waals surface area contributed by atoms with Crippen molar-refractivity contribution in [1.29, 1.82) is 0 Å². The average Bonchev–Trinajstić information content (AvgIpc) is 2.77. The third kappa shape index (κ3) is 0.926. The Kier molecular flexibility index (Phi) is 1.49. The van der Waals surface area contributed by atoms with Gasteiger partial charge >= 0.3 is 0 Å². The van der Waals surface area contributed by atoms with E-state index in [2.05, 4.69) is 13.8 Å². The lowest BCUT2D eigenvalue weighted by molar-refractivity contribution is 0.0192. The Bertz CT molecular complexity index is 232. The largest absolute Gasteiger partial charge is 0.0625 e. The Hall–Kier alpha value is 0. The molecule has 0 amide bonds. The maximum Gasteiger partial charge on any atom is -0.0210 e. The Balaban J connectivity index is 1.91. The van der Waals surface area contributed by atoms with Crippen molar-refractivity contribution in [3.63, 3.8) is 0 Å². The molecule has 3 saturated carbocycles. The van der Waals surface area contributed by atoms with Crippen LogP contribution in [-0.2, 0) is 0 Å². The van der Waals surface area contributed by atoms with Gasteiger partial charge in [-0.15, -0.1) is 0 Å². The highest BCUT2D eigenvalue weighted by Crippen LogP contribution is 2.75. The van der Waals surface area contributed by atoms with Gasteiger partial charge in [0, 0.05) is 0 Å². The van der Waals surface area contributed by atoms with Gasteiger partial charge < -0.3 is 0 Å². The van der Waals surface area contributed by atoms with E-state index >= 15 is 0 Å². The molecule has 3 aliphatic rings. The van der Waals surface area contributed by atoms with Crippen molar-refractivity contribution in [1.82, 2.24) is 0 Å². The molecule has 0 aromatic rings. The first-order chi connectivity index (χ1) is 6.16. The summed E-state index contributed by atoms with van der Waals surface area (Å²) in [5.41, 5.74) is 1.62. The molecule has 0 N–H and O–H groups in total. The second-order valence-corrected chi connectivity index (χ2v) is 6.36. The van der Waals surface area contributed by atoms with Crippen LogP contribution in [0.25, 0.3) is 0 Å². The van der Waals surface area contributed by atoms with E-state index in [1.807, 2.05) is 0 Å². The van der Waals surface area contributed by atoms with Gasteiger partial charge in [-0.3, -0.25) is 0 Å². The average molecular weight is 178 g/mol. The van der Waals surface area contributed by atoms with Gasteiger partial charge in [0.05, 0.1) is 0 Å². The Labute approximate surface area is 82.1 Å². The minimum absolute atomic E-state index is 0.766. The molecule has 3 fully saturated rings. The van der Waals surface area contributed by atoms with Crippen molar-refractivity contribution < 1.29 is 0 Å². The number of rotatable bonds is 0. The Morgan fingerprint density at radius 3 is 2.77 bits per heavy atom. The van der Waals surface area contributed by atoms with Gasteiger partial charge in [0.2, 0.25) is 0 Å². The fourth-order valence-corrected chi connectivity index (χ4v) is 4.65. The molecule has 0 aliphatic heterocycles. The summed E-state index contributed by atoms with van der Waals surface area (Å²) in [5, 5.41) is 0. The van der Waals surface area contributed by atoms with Crippen LogP contribution in [0.15, 0.2) is 0 Å². The van der Waals surface area contributed by atoms with E-state index in [9.17, 15) is 0 Å². The quantitative estimate of drug-likeness (QED) is 0.526. The van der Waals surface area contributed by atoms with Crippen LogP contribution in [0, 0.1) is 22.7 Å². The lowest BCUT2D eigenvalue weighted by atomic mass is 9.57. The predicted octanol–water partition coefficient (Wildman–Crippen LogP) is 4.00. The second-order valence-electron chi connectivity index (χ2n) is 6.36. The van der Waals surface area contributed by atoms with Gasteiger partial charge in [-0.05, 0) is 54.8 Å². The highest BCUT2D eigenvalue weighted by Gasteiger charge is 2.66. The maximum absolute atomic E-state index is 2.60. The lowest BCUT2D eigenvalue weighted by Crippen LogP contribution is -2.38. The van der Waals surface area contributed by atoms with Crippen LogP contribution in [0.2, 0.25) is 0 Å². The molecule has 0 nitrogen and oxygen atoms in total. The summed E-state index contributed by atoms with van der Waals surface area (Å²) in [4.78, 5) is 0. The van der Waals surface area contributed by atoms with Crippen molar-refractivity contribution in [3.8, 4) is 0 Å². The fraction of sp³-hybridized carbons (Fsp3) is 1.00. The van der Waals surface area contributed by atoms with Gasteiger partial charge in [-0.25, -0.2) is 0 Å². The summed E-state index contributed by atoms with van der Waals surface area (Å²) in [7, 11) is 0. The second kappa shape index (κ2) is 2.32. The standard InChI is InChI=1S/C13H22/c1-10-5-7-12(2)6-3-4-11-9-13(11,12)8-10/h10-11H,3-9H2,1-2H3/t10-,11?,12-,13?/m0/s1. The van der Waals surface area contributed by atoms with Crippen LogP contribution in [0.3, 0.4) is 0 Å². The Morgan fingerprint density at radius 2 is 1.92 bits per heavy atom. The van der Waals surface area contributed by atoms with Gasteiger partial charge in [-0.1, -0.05) is 26.7 Å². The van der Waals surface area contributed by atoms with Crippen LogP contribution in [0.5, 0.6) is 0 Å². The Morgan fingerprint density at radius 1 is 1.08 bits per heavy atom. The first kappa shape index (κ1) is 8.32. The monoisotopic (exact) mass is 178 g/mol. The third-order valence-corrected chi connectivity index (χ3v) is 5.62. The molecular weight excluding hydrogens is 156 g/mol. The van der Waals surface area contributed by atoms with Crippen molar-refractivity contribution in [2.45, 2.75) is 58.8 Å². The van der Waals surface area contributed by atoms with E-state index in [1.165, 1.54) is 25.7 Å². The lowest BCUT2D eigenvalue weighted by Gasteiger charge is -2.48. The molecule has 3 aliphatic carbocycles. The zero-order valence-electron chi connectivity index (χ0n) is 9.10. The summed E-state index contributed by atoms with van der Waals surface area (Å²) in [6, 6.07) is 0. The van der Waals surface area contributed by atoms with Crippen molar-refractivity contribution in [2.75, 3.05) is 0 Å². The van der Waals surface area contributed by atoms with Gasteiger partial charge in [-0.2, -0.15) is 0 Å². The van der Waals surface area contributed by atoms with Gasteiger partial charge in [0.15, 0.2) is 0 Å². The van der Waals surface area contributed by atoms with E-state index in [0.717, 1.165) is 22.7 Å². The molecule has 0 saturated heterocycles.